The molecule has 0 aliphatic carbocycles. The third-order valence-corrected chi connectivity index (χ3v) is 2.86. The molecule has 0 heterocycles. The van der Waals surface area contributed by atoms with Gasteiger partial charge in [-0.15, -0.1) is 0 Å². The zero-order valence-corrected chi connectivity index (χ0v) is 11.6. The highest BCUT2D eigenvalue weighted by Crippen LogP contribution is 2.20. The Morgan fingerprint density at radius 3 is 2.65 bits per heavy atom. The summed E-state index contributed by atoms with van der Waals surface area (Å²) in [6.45, 7) is 0.665. The molecule has 20 heavy (non-hydrogen) atoms. The Bertz CT molecular complexity index is 459. The van der Waals surface area contributed by atoms with Crippen molar-refractivity contribution in [2.75, 3.05) is 11.9 Å². The second-order valence-corrected chi connectivity index (χ2v) is 4.46. The molecular formula is C14H23N5O. The predicted octanol–water partition coefficient (Wildman–Crippen LogP) is 0.865. The molecule has 0 aromatic heterocycles. The number of para-hydroxylation sites is 1. The fourth-order valence-corrected chi connectivity index (χ4v) is 1.83. The highest BCUT2D eigenvalue weighted by Gasteiger charge is 2.08. The SMILES string of the molecule is NCCCCCC(=O)Nc1ccccc1/C(N)=C/NN. The van der Waals surface area contributed by atoms with Gasteiger partial charge in [0.2, 0.25) is 5.91 Å². The van der Waals surface area contributed by atoms with E-state index < -0.39 is 0 Å². The molecule has 0 bridgehead atoms. The number of carbonyl (C=O) groups is 1. The number of hydrogen-bond donors (Lipinski definition) is 5. The van der Waals surface area contributed by atoms with Crippen molar-refractivity contribution >= 4 is 17.3 Å². The average Bonchev–Trinajstić information content (AvgIpc) is 2.44. The smallest absolute Gasteiger partial charge is 0.224 e. The lowest BCUT2D eigenvalue weighted by Gasteiger charge is -2.11. The first-order valence-electron chi connectivity index (χ1n) is 6.70. The van der Waals surface area contributed by atoms with E-state index in [-0.39, 0.29) is 5.91 Å². The second-order valence-electron chi connectivity index (χ2n) is 4.46. The molecule has 6 nitrogen and oxygen atoms in total. The number of carbonyl (C=O) groups excluding carboxylic acids is 1. The molecule has 1 aromatic rings. The third-order valence-electron chi connectivity index (χ3n) is 2.86. The average molecular weight is 277 g/mol. The summed E-state index contributed by atoms with van der Waals surface area (Å²) in [6, 6.07) is 7.33. The quantitative estimate of drug-likeness (QED) is 0.274. The van der Waals surface area contributed by atoms with Crippen LogP contribution in [0.4, 0.5) is 5.69 Å². The number of hydrazine groups is 1. The van der Waals surface area contributed by atoms with Crippen LogP contribution in [0.15, 0.2) is 30.5 Å². The number of amides is 1. The van der Waals surface area contributed by atoms with Crippen molar-refractivity contribution in [3.63, 3.8) is 0 Å². The Labute approximate surface area is 119 Å². The fourth-order valence-electron chi connectivity index (χ4n) is 1.83. The molecule has 110 valence electrons. The molecule has 1 rings (SSSR count). The fraction of sp³-hybridized carbons (Fsp3) is 0.357. The van der Waals surface area contributed by atoms with Gasteiger partial charge in [-0.1, -0.05) is 24.6 Å². The number of nitrogens with one attached hydrogen (secondary N) is 2. The van der Waals surface area contributed by atoms with E-state index >= 15 is 0 Å². The van der Waals surface area contributed by atoms with Crippen molar-refractivity contribution in [2.24, 2.45) is 17.3 Å². The molecule has 0 radical (unpaired) electrons. The predicted molar refractivity (Wildman–Crippen MR) is 82.1 cm³/mol. The highest BCUT2D eigenvalue weighted by atomic mass is 16.1. The topological polar surface area (TPSA) is 119 Å². The maximum Gasteiger partial charge on any atom is 0.224 e. The van der Waals surface area contributed by atoms with Crippen LogP contribution in [-0.2, 0) is 4.79 Å². The van der Waals surface area contributed by atoms with Gasteiger partial charge in [-0.05, 0) is 25.5 Å². The van der Waals surface area contributed by atoms with Crippen LogP contribution < -0.4 is 28.1 Å². The molecule has 0 fully saturated rings. The van der Waals surface area contributed by atoms with Crippen LogP contribution in [0.2, 0.25) is 0 Å². The van der Waals surface area contributed by atoms with Crippen molar-refractivity contribution in [1.29, 1.82) is 0 Å². The molecule has 0 unspecified atom stereocenters. The summed E-state index contributed by atoms with van der Waals surface area (Å²) in [7, 11) is 0. The second kappa shape index (κ2) is 8.95. The van der Waals surface area contributed by atoms with Crippen molar-refractivity contribution in [2.45, 2.75) is 25.7 Å². The zero-order valence-electron chi connectivity index (χ0n) is 11.6. The first-order chi connectivity index (χ1) is 9.69. The number of benzene rings is 1. The Morgan fingerprint density at radius 2 is 1.95 bits per heavy atom. The molecule has 0 aliphatic heterocycles. The van der Waals surface area contributed by atoms with Gasteiger partial charge < -0.3 is 22.2 Å². The maximum atomic E-state index is 11.9. The number of hydrogen-bond acceptors (Lipinski definition) is 5. The minimum Gasteiger partial charge on any atom is -0.397 e. The van der Waals surface area contributed by atoms with Crippen molar-refractivity contribution < 1.29 is 4.79 Å². The monoisotopic (exact) mass is 277 g/mol. The summed E-state index contributed by atoms with van der Waals surface area (Å²) in [5, 5.41) is 2.87. The largest absolute Gasteiger partial charge is 0.397 e. The number of nitrogens with two attached hydrogens (primary N) is 3. The van der Waals surface area contributed by atoms with Crippen molar-refractivity contribution in [3.05, 3.63) is 36.0 Å². The molecule has 6 heteroatoms. The van der Waals surface area contributed by atoms with Crippen LogP contribution in [0, 0.1) is 0 Å². The third kappa shape index (κ3) is 5.29. The summed E-state index contributed by atoms with van der Waals surface area (Å²) in [5.74, 6) is 5.18. The van der Waals surface area contributed by atoms with E-state index in [1.165, 1.54) is 6.20 Å². The van der Waals surface area contributed by atoms with E-state index in [2.05, 4.69) is 10.7 Å². The minimum absolute atomic E-state index is 0.0250. The lowest BCUT2D eigenvalue weighted by Crippen LogP contribution is -2.17. The van der Waals surface area contributed by atoms with E-state index in [1.807, 2.05) is 24.3 Å². The van der Waals surface area contributed by atoms with E-state index in [9.17, 15) is 4.79 Å². The maximum absolute atomic E-state index is 11.9. The minimum atomic E-state index is -0.0250. The van der Waals surface area contributed by atoms with Gasteiger partial charge in [0.25, 0.3) is 0 Å². The molecule has 0 atom stereocenters. The van der Waals surface area contributed by atoms with E-state index in [4.69, 9.17) is 17.3 Å². The Kier molecular flexibility index (Phi) is 7.16. The van der Waals surface area contributed by atoms with Gasteiger partial charge in [0, 0.05) is 18.2 Å². The van der Waals surface area contributed by atoms with Gasteiger partial charge in [0.15, 0.2) is 0 Å². The summed E-state index contributed by atoms with van der Waals surface area (Å²) >= 11 is 0. The van der Waals surface area contributed by atoms with Crippen LogP contribution in [-0.4, -0.2) is 12.5 Å². The Morgan fingerprint density at radius 1 is 1.20 bits per heavy atom. The van der Waals surface area contributed by atoms with Crippen LogP contribution >= 0.6 is 0 Å². The summed E-state index contributed by atoms with van der Waals surface area (Å²) in [4.78, 5) is 11.9. The molecule has 0 saturated carbocycles. The molecule has 0 saturated heterocycles. The van der Waals surface area contributed by atoms with Gasteiger partial charge >= 0.3 is 0 Å². The number of unbranched alkanes of at least 4 members (excludes halogenated alkanes) is 2. The van der Waals surface area contributed by atoms with E-state index in [1.54, 1.807) is 0 Å². The first-order valence-corrected chi connectivity index (χ1v) is 6.70. The molecule has 1 amide bonds. The Hall–Kier alpha value is -2.05. The zero-order chi connectivity index (χ0) is 14.8. The molecule has 0 spiro atoms. The summed E-state index contributed by atoms with van der Waals surface area (Å²) < 4.78 is 0. The number of rotatable bonds is 8. The van der Waals surface area contributed by atoms with E-state index in [0.717, 1.165) is 24.8 Å². The summed E-state index contributed by atoms with van der Waals surface area (Å²) in [6.07, 6.45) is 4.70. The van der Waals surface area contributed by atoms with Crippen molar-refractivity contribution in [3.8, 4) is 0 Å². The molecular weight excluding hydrogens is 254 g/mol. The molecule has 1 aromatic carbocycles. The van der Waals surface area contributed by atoms with Gasteiger partial charge in [-0.3, -0.25) is 10.6 Å². The lowest BCUT2D eigenvalue weighted by atomic mass is 10.1. The highest BCUT2D eigenvalue weighted by molar-refractivity contribution is 5.93. The van der Waals surface area contributed by atoms with Gasteiger partial charge in [-0.2, -0.15) is 0 Å². The van der Waals surface area contributed by atoms with Crippen molar-refractivity contribution in [1.82, 2.24) is 5.43 Å². The van der Waals surface area contributed by atoms with Gasteiger partial charge in [0.1, 0.15) is 0 Å². The Balaban J connectivity index is 2.63. The van der Waals surface area contributed by atoms with Gasteiger partial charge in [-0.25, -0.2) is 0 Å². The normalized spacial score (nSPS) is 11.2. The van der Waals surface area contributed by atoms with Crippen LogP contribution in [0.3, 0.4) is 0 Å². The van der Waals surface area contributed by atoms with Crippen LogP contribution in [0.25, 0.3) is 5.70 Å². The van der Waals surface area contributed by atoms with Gasteiger partial charge in [0.05, 0.1) is 11.4 Å². The van der Waals surface area contributed by atoms with E-state index in [0.29, 0.717) is 24.4 Å². The first kappa shape index (κ1) is 16.0. The van der Waals surface area contributed by atoms with Crippen LogP contribution in [0.5, 0.6) is 0 Å². The molecule has 0 aliphatic rings. The standard InChI is InChI=1S/C14H23N5O/c15-9-5-1-2-8-14(20)19-13-7-4-3-6-11(13)12(16)10-18-17/h3-4,6-7,10,18H,1-2,5,8-9,15-17H2,(H,19,20)/b12-10-. The number of anilines is 1. The summed E-state index contributed by atoms with van der Waals surface area (Å²) in [5.41, 5.74) is 15.6. The molecule has 8 N–H and O–H groups in total. The van der Waals surface area contributed by atoms with Crippen LogP contribution in [0.1, 0.15) is 31.2 Å². The lowest BCUT2D eigenvalue weighted by molar-refractivity contribution is -0.116.